The molecule has 0 bridgehead atoms. The lowest BCUT2D eigenvalue weighted by Gasteiger charge is -2.11. The van der Waals surface area contributed by atoms with Crippen LogP contribution in [-0.2, 0) is 4.79 Å². The van der Waals surface area contributed by atoms with Crippen molar-refractivity contribution in [3.05, 3.63) is 28.8 Å². The zero-order chi connectivity index (χ0) is 11.4. The summed E-state index contributed by atoms with van der Waals surface area (Å²) < 4.78 is 0. The van der Waals surface area contributed by atoms with Crippen LogP contribution >= 0.6 is 11.6 Å². The standard InChI is InChI=1S/C11H15ClN2O/c1-3-9(13)11(15)14-10-6-7(2)4-5-8(10)12/h4-6,9H,3,13H2,1-2H3,(H,14,15). The highest BCUT2D eigenvalue weighted by atomic mass is 35.5. The van der Waals surface area contributed by atoms with Crippen molar-refractivity contribution in [3.8, 4) is 0 Å². The van der Waals surface area contributed by atoms with Gasteiger partial charge in [0, 0.05) is 0 Å². The molecule has 3 N–H and O–H groups in total. The Balaban J connectivity index is 2.80. The Morgan fingerprint density at radius 3 is 2.87 bits per heavy atom. The van der Waals surface area contributed by atoms with Crippen molar-refractivity contribution in [1.29, 1.82) is 0 Å². The van der Waals surface area contributed by atoms with Crippen molar-refractivity contribution in [3.63, 3.8) is 0 Å². The molecule has 0 aliphatic rings. The van der Waals surface area contributed by atoms with E-state index >= 15 is 0 Å². The number of hydrogen-bond donors (Lipinski definition) is 2. The van der Waals surface area contributed by atoms with Gasteiger partial charge in [0.05, 0.1) is 16.8 Å². The third kappa shape index (κ3) is 3.22. The first kappa shape index (κ1) is 12.0. The fourth-order valence-electron chi connectivity index (χ4n) is 1.15. The van der Waals surface area contributed by atoms with Gasteiger partial charge in [0.25, 0.3) is 0 Å². The van der Waals surface area contributed by atoms with Gasteiger partial charge in [-0.25, -0.2) is 0 Å². The van der Waals surface area contributed by atoms with Crippen molar-refractivity contribution in [1.82, 2.24) is 0 Å². The van der Waals surface area contributed by atoms with Crippen LogP contribution in [0.25, 0.3) is 0 Å². The summed E-state index contributed by atoms with van der Waals surface area (Å²) in [4.78, 5) is 11.5. The van der Waals surface area contributed by atoms with Gasteiger partial charge in [-0.3, -0.25) is 4.79 Å². The van der Waals surface area contributed by atoms with Crippen LogP contribution in [0.2, 0.25) is 5.02 Å². The topological polar surface area (TPSA) is 55.1 Å². The highest BCUT2D eigenvalue weighted by Gasteiger charge is 2.12. The fraction of sp³-hybridized carbons (Fsp3) is 0.364. The number of carbonyl (C=O) groups excluding carboxylic acids is 1. The number of amides is 1. The third-order valence-electron chi connectivity index (χ3n) is 2.16. The summed E-state index contributed by atoms with van der Waals surface area (Å²) in [5, 5.41) is 3.23. The normalized spacial score (nSPS) is 12.3. The Labute approximate surface area is 94.6 Å². The van der Waals surface area contributed by atoms with Gasteiger partial charge in [0.2, 0.25) is 5.91 Å². The molecule has 1 aromatic rings. The second-order valence-electron chi connectivity index (χ2n) is 3.49. The summed E-state index contributed by atoms with van der Waals surface area (Å²) in [7, 11) is 0. The molecule has 0 saturated heterocycles. The molecule has 15 heavy (non-hydrogen) atoms. The minimum absolute atomic E-state index is 0.204. The fourth-order valence-corrected chi connectivity index (χ4v) is 1.31. The van der Waals surface area contributed by atoms with Gasteiger partial charge in [0.1, 0.15) is 0 Å². The average molecular weight is 227 g/mol. The Bertz CT molecular complexity index is 366. The van der Waals surface area contributed by atoms with E-state index in [1.807, 2.05) is 26.0 Å². The number of aryl methyl sites for hydroxylation is 1. The molecule has 4 heteroatoms. The third-order valence-corrected chi connectivity index (χ3v) is 2.49. The van der Waals surface area contributed by atoms with Crippen LogP contribution in [0, 0.1) is 6.92 Å². The minimum atomic E-state index is -0.485. The number of nitrogens with one attached hydrogen (secondary N) is 1. The molecule has 1 amide bonds. The zero-order valence-electron chi connectivity index (χ0n) is 8.88. The minimum Gasteiger partial charge on any atom is -0.323 e. The van der Waals surface area contributed by atoms with Crippen LogP contribution in [0.5, 0.6) is 0 Å². The van der Waals surface area contributed by atoms with E-state index < -0.39 is 6.04 Å². The molecule has 0 heterocycles. The first-order chi connectivity index (χ1) is 7.04. The van der Waals surface area contributed by atoms with Crippen LogP contribution < -0.4 is 11.1 Å². The molecule has 0 spiro atoms. The van der Waals surface area contributed by atoms with Crippen molar-refractivity contribution in [2.45, 2.75) is 26.3 Å². The largest absolute Gasteiger partial charge is 0.323 e. The van der Waals surface area contributed by atoms with Gasteiger partial charge in [-0.15, -0.1) is 0 Å². The number of rotatable bonds is 3. The van der Waals surface area contributed by atoms with E-state index in [1.165, 1.54) is 0 Å². The molecule has 0 aromatic heterocycles. The summed E-state index contributed by atoms with van der Waals surface area (Å²) in [6, 6.07) is 4.98. The SMILES string of the molecule is CCC(N)C(=O)Nc1cc(C)ccc1Cl. The van der Waals surface area contributed by atoms with Crippen LogP contribution in [-0.4, -0.2) is 11.9 Å². The van der Waals surface area contributed by atoms with E-state index in [0.717, 1.165) is 5.56 Å². The van der Waals surface area contributed by atoms with E-state index in [4.69, 9.17) is 17.3 Å². The van der Waals surface area contributed by atoms with Gasteiger partial charge in [-0.2, -0.15) is 0 Å². The monoisotopic (exact) mass is 226 g/mol. The molecular weight excluding hydrogens is 212 g/mol. The summed E-state index contributed by atoms with van der Waals surface area (Å²) in [5.74, 6) is -0.204. The number of benzene rings is 1. The van der Waals surface area contributed by atoms with E-state index in [9.17, 15) is 4.79 Å². The average Bonchev–Trinajstić information content (AvgIpc) is 2.22. The van der Waals surface area contributed by atoms with Crippen LogP contribution in [0.3, 0.4) is 0 Å². The maximum Gasteiger partial charge on any atom is 0.241 e. The molecule has 0 aliphatic heterocycles. The number of anilines is 1. The predicted octanol–water partition coefficient (Wildman–Crippen LogP) is 2.32. The van der Waals surface area contributed by atoms with Crippen molar-refractivity contribution < 1.29 is 4.79 Å². The lowest BCUT2D eigenvalue weighted by molar-refractivity contribution is -0.117. The summed E-state index contributed by atoms with van der Waals surface area (Å²) in [6.07, 6.45) is 0.606. The summed E-state index contributed by atoms with van der Waals surface area (Å²) in [6.45, 7) is 3.80. The highest BCUT2D eigenvalue weighted by molar-refractivity contribution is 6.33. The molecule has 0 radical (unpaired) electrons. The van der Waals surface area contributed by atoms with Crippen LogP contribution in [0.15, 0.2) is 18.2 Å². The van der Waals surface area contributed by atoms with Crippen molar-refractivity contribution >= 4 is 23.2 Å². The Hall–Kier alpha value is -1.06. The van der Waals surface area contributed by atoms with E-state index in [-0.39, 0.29) is 5.91 Å². The summed E-state index contributed by atoms with van der Waals surface area (Å²) >= 11 is 5.93. The second kappa shape index (κ2) is 5.14. The van der Waals surface area contributed by atoms with E-state index in [0.29, 0.717) is 17.1 Å². The Morgan fingerprint density at radius 2 is 2.27 bits per heavy atom. The zero-order valence-corrected chi connectivity index (χ0v) is 9.64. The summed E-state index contributed by atoms with van der Waals surface area (Å²) in [5.41, 5.74) is 7.26. The first-order valence-electron chi connectivity index (χ1n) is 4.87. The molecule has 0 fully saturated rings. The van der Waals surface area contributed by atoms with Crippen LogP contribution in [0.1, 0.15) is 18.9 Å². The van der Waals surface area contributed by atoms with Crippen LogP contribution in [0.4, 0.5) is 5.69 Å². The van der Waals surface area contributed by atoms with Gasteiger partial charge in [-0.1, -0.05) is 24.6 Å². The lowest BCUT2D eigenvalue weighted by atomic mass is 10.2. The maximum atomic E-state index is 11.5. The predicted molar refractivity (Wildman–Crippen MR) is 63.1 cm³/mol. The maximum absolute atomic E-state index is 11.5. The lowest BCUT2D eigenvalue weighted by Crippen LogP contribution is -2.34. The van der Waals surface area contributed by atoms with Crippen molar-refractivity contribution in [2.75, 3.05) is 5.32 Å². The number of hydrogen-bond acceptors (Lipinski definition) is 2. The molecule has 1 aromatic carbocycles. The van der Waals surface area contributed by atoms with Gasteiger partial charge < -0.3 is 11.1 Å². The molecule has 0 aliphatic carbocycles. The Kier molecular flexibility index (Phi) is 4.12. The first-order valence-corrected chi connectivity index (χ1v) is 5.25. The Morgan fingerprint density at radius 1 is 1.60 bits per heavy atom. The second-order valence-corrected chi connectivity index (χ2v) is 3.89. The molecule has 1 atom stereocenters. The van der Waals surface area contributed by atoms with E-state index in [2.05, 4.69) is 5.32 Å². The number of carbonyl (C=O) groups is 1. The van der Waals surface area contributed by atoms with Gasteiger partial charge >= 0.3 is 0 Å². The van der Waals surface area contributed by atoms with Gasteiger partial charge in [-0.05, 0) is 31.0 Å². The molecule has 0 saturated carbocycles. The molecule has 1 unspecified atom stereocenters. The number of nitrogens with two attached hydrogens (primary N) is 1. The molecule has 3 nitrogen and oxygen atoms in total. The quantitative estimate of drug-likeness (QED) is 0.831. The van der Waals surface area contributed by atoms with Crippen molar-refractivity contribution in [2.24, 2.45) is 5.73 Å². The highest BCUT2D eigenvalue weighted by Crippen LogP contribution is 2.22. The number of halogens is 1. The molecule has 82 valence electrons. The van der Waals surface area contributed by atoms with Gasteiger partial charge in [0.15, 0.2) is 0 Å². The smallest absolute Gasteiger partial charge is 0.241 e. The van der Waals surface area contributed by atoms with E-state index in [1.54, 1.807) is 6.07 Å². The molecular formula is C11H15ClN2O. The molecule has 1 rings (SSSR count).